The summed E-state index contributed by atoms with van der Waals surface area (Å²) in [6.45, 7) is 1.62. The molecule has 1 saturated carbocycles. The van der Waals surface area contributed by atoms with Crippen molar-refractivity contribution in [1.29, 1.82) is 0 Å². The number of hydrogen-bond donors (Lipinski definition) is 2. The Labute approximate surface area is 159 Å². The van der Waals surface area contributed by atoms with Crippen molar-refractivity contribution in [1.82, 2.24) is 5.43 Å². The van der Waals surface area contributed by atoms with Gasteiger partial charge in [0.15, 0.2) is 0 Å². The highest BCUT2D eigenvalue weighted by atomic mass is 19.4. The van der Waals surface area contributed by atoms with Gasteiger partial charge < -0.3 is 5.32 Å². The summed E-state index contributed by atoms with van der Waals surface area (Å²) >= 11 is 0. The van der Waals surface area contributed by atoms with Crippen molar-refractivity contribution in [3.05, 3.63) is 65.7 Å². The zero-order valence-electron chi connectivity index (χ0n) is 15.0. The Kier molecular flexibility index (Phi) is 5.48. The molecule has 1 fully saturated rings. The Bertz CT molecular complexity index is 910. The van der Waals surface area contributed by atoms with Crippen LogP contribution < -0.4 is 10.7 Å². The molecule has 2 N–H and O–H groups in total. The molecular weight excluding hydrogens is 371 g/mol. The van der Waals surface area contributed by atoms with Gasteiger partial charge in [-0.15, -0.1) is 0 Å². The Morgan fingerprint density at radius 2 is 1.79 bits per heavy atom. The van der Waals surface area contributed by atoms with Crippen molar-refractivity contribution >= 4 is 23.2 Å². The molecular formula is C20H18F3N3O2. The van der Waals surface area contributed by atoms with E-state index in [0.717, 1.165) is 12.0 Å². The van der Waals surface area contributed by atoms with Crippen LogP contribution in [-0.2, 0) is 9.59 Å². The first-order chi connectivity index (χ1) is 13.3. The van der Waals surface area contributed by atoms with Crippen LogP contribution in [0, 0.1) is 5.92 Å². The van der Waals surface area contributed by atoms with E-state index in [9.17, 15) is 22.8 Å². The molecule has 8 heteroatoms. The number of nitrogens with zero attached hydrogens (tertiary/aromatic N) is 1. The molecule has 0 radical (unpaired) electrons. The van der Waals surface area contributed by atoms with Crippen LogP contribution in [0.5, 0.6) is 0 Å². The number of halogens is 3. The number of hydrogen-bond acceptors (Lipinski definition) is 3. The van der Waals surface area contributed by atoms with E-state index in [4.69, 9.17) is 0 Å². The smallest absolute Gasteiger partial charge is 0.318 e. The fraction of sp³-hybridized carbons (Fsp3) is 0.250. The molecule has 0 bridgehead atoms. The van der Waals surface area contributed by atoms with E-state index in [2.05, 4.69) is 10.5 Å². The standard InChI is InChI=1S/C20H18F3N3O2/c1-12(14-8-5-9-15(10-14)24-19(28)20(21,22)23)25-26-18(27)17-11-16(17)13-6-3-2-4-7-13/h2-10,16-17H,11H2,1H3,(H,24,28)(H,26,27)/b25-12-/t16-,17-/m1/s1. The van der Waals surface area contributed by atoms with Crippen molar-refractivity contribution in [3.63, 3.8) is 0 Å². The number of alkyl halides is 3. The molecule has 0 unspecified atom stereocenters. The van der Waals surface area contributed by atoms with Crippen LogP contribution >= 0.6 is 0 Å². The second kappa shape index (κ2) is 7.84. The molecule has 146 valence electrons. The number of amides is 2. The predicted octanol–water partition coefficient (Wildman–Crippen LogP) is 3.83. The van der Waals surface area contributed by atoms with Crippen molar-refractivity contribution in [2.24, 2.45) is 11.0 Å². The third-order valence-corrected chi connectivity index (χ3v) is 4.48. The summed E-state index contributed by atoms with van der Waals surface area (Å²) in [6, 6.07) is 15.5. The Morgan fingerprint density at radius 1 is 1.07 bits per heavy atom. The second-order valence-corrected chi connectivity index (χ2v) is 6.57. The number of anilines is 1. The normalized spacial score (nSPS) is 19.1. The average molecular weight is 389 g/mol. The summed E-state index contributed by atoms with van der Waals surface area (Å²) in [5, 5.41) is 5.82. The number of carbonyl (C=O) groups excluding carboxylic acids is 2. The maximum absolute atomic E-state index is 12.4. The lowest BCUT2D eigenvalue weighted by atomic mass is 10.1. The molecule has 1 aliphatic rings. The minimum Gasteiger partial charge on any atom is -0.318 e. The van der Waals surface area contributed by atoms with E-state index in [1.807, 2.05) is 30.3 Å². The SMILES string of the molecule is C/C(=N/NC(=O)[C@@H]1C[C@@H]1c1ccccc1)c1cccc(NC(=O)C(F)(F)F)c1. The van der Waals surface area contributed by atoms with E-state index in [0.29, 0.717) is 11.3 Å². The van der Waals surface area contributed by atoms with Crippen LogP contribution in [0.1, 0.15) is 30.4 Å². The molecule has 0 spiro atoms. The van der Waals surface area contributed by atoms with Gasteiger partial charge in [0.2, 0.25) is 5.91 Å². The Morgan fingerprint density at radius 3 is 2.46 bits per heavy atom. The molecule has 1 aliphatic carbocycles. The van der Waals surface area contributed by atoms with Crippen LogP contribution in [0.2, 0.25) is 0 Å². The first-order valence-electron chi connectivity index (χ1n) is 8.63. The molecule has 2 aromatic rings. The topological polar surface area (TPSA) is 70.6 Å². The van der Waals surface area contributed by atoms with Gasteiger partial charge in [-0.25, -0.2) is 5.43 Å². The largest absolute Gasteiger partial charge is 0.471 e. The molecule has 28 heavy (non-hydrogen) atoms. The maximum atomic E-state index is 12.4. The first kappa shape index (κ1) is 19.6. The number of hydrazone groups is 1. The van der Waals surface area contributed by atoms with Gasteiger partial charge >= 0.3 is 12.1 Å². The van der Waals surface area contributed by atoms with Crippen LogP contribution in [0.25, 0.3) is 0 Å². The van der Waals surface area contributed by atoms with Gasteiger partial charge in [0.25, 0.3) is 0 Å². The van der Waals surface area contributed by atoms with E-state index < -0.39 is 12.1 Å². The van der Waals surface area contributed by atoms with E-state index in [1.165, 1.54) is 18.2 Å². The molecule has 0 heterocycles. The van der Waals surface area contributed by atoms with Gasteiger partial charge in [-0.3, -0.25) is 9.59 Å². The minimum atomic E-state index is -4.97. The fourth-order valence-corrected chi connectivity index (χ4v) is 2.86. The van der Waals surface area contributed by atoms with Crippen molar-refractivity contribution in [3.8, 4) is 0 Å². The number of nitrogens with one attached hydrogen (secondary N) is 2. The molecule has 0 aliphatic heterocycles. The van der Waals surface area contributed by atoms with Gasteiger partial charge in [0.1, 0.15) is 0 Å². The number of carbonyl (C=O) groups is 2. The quantitative estimate of drug-likeness (QED) is 0.603. The maximum Gasteiger partial charge on any atom is 0.471 e. The van der Waals surface area contributed by atoms with Crippen LogP contribution in [0.4, 0.5) is 18.9 Å². The summed E-state index contributed by atoms with van der Waals surface area (Å²) in [6.07, 6.45) is -4.21. The first-order valence-corrected chi connectivity index (χ1v) is 8.63. The lowest BCUT2D eigenvalue weighted by molar-refractivity contribution is -0.167. The Balaban J connectivity index is 1.60. The molecule has 2 atom stereocenters. The molecule has 0 saturated heterocycles. The lowest BCUT2D eigenvalue weighted by Gasteiger charge is -2.09. The summed E-state index contributed by atoms with van der Waals surface area (Å²) in [5.41, 5.74) is 4.50. The van der Waals surface area contributed by atoms with Crippen LogP contribution in [0.3, 0.4) is 0 Å². The Hall–Kier alpha value is -3.16. The van der Waals surface area contributed by atoms with Crippen molar-refractivity contribution in [2.75, 3.05) is 5.32 Å². The van der Waals surface area contributed by atoms with Gasteiger partial charge in [-0.1, -0.05) is 42.5 Å². The zero-order valence-corrected chi connectivity index (χ0v) is 15.0. The summed E-state index contributed by atoms with van der Waals surface area (Å²) in [5.74, 6) is -2.21. The summed E-state index contributed by atoms with van der Waals surface area (Å²) in [7, 11) is 0. The second-order valence-electron chi connectivity index (χ2n) is 6.57. The van der Waals surface area contributed by atoms with Gasteiger partial charge in [0, 0.05) is 11.6 Å². The highest BCUT2D eigenvalue weighted by molar-refractivity contribution is 6.01. The summed E-state index contributed by atoms with van der Waals surface area (Å²) < 4.78 is 37.1. The van der Waals surface area contributed by atoms with Crippen molar-refractivity contribution < 1.29 is 22.8 Å². The number of rotatable bonds is 5. The predicted molar refractivity (Wildman–Crippen MR) is 98.8 cm³/mol. The van der Waals surface area contributed by atoms with Gasteiger partial charge in [-0.2, -0.15) is 18.3 Å². The molecule has 2 aromatic carbocycles. The molecule has 2 amide bonds. The van der Waals surface area contributed by atoms with Crippen molar-refractivity contribution in [2.45, 2.75) is 25.4 Å². The van der Waals surface area contributed by atoms with Crippen LogP contribution in [-0.4, -0.2) is 23.7 Å². The molecule has 3 rings (SSSR count). The average Bonchev–Trinajstić information content (AvgIpc) is 3.47. The molecule has 0 aromatic heterocycles. The zero-order chi connectivity index (χ0) is 20.3. The summed E-state index contributed by atoms with van der Waals surface area (Å²) in [4.78, 5) is 23.3. The number of benzene rings is 2. The fourth-order valence-electron chi connectivity index (χ4n) is 2.86. The van der Waals surface area contributed by atoms with Crippen LogP contribution in [0.15, 0.2) is 59.7 Å². The third-order valence-electron chi connectivity index (χ3n) is 4.48. The monoisotopic (exact) mass is 389 g/mol. The van der Waals surface area contributed by atoms with Gasteiger partial charge in [0.05, 0.1) is 5.71 Å². The minimum absolute atomic E-state index is 0.00737. The highest BCUT2D eigenvalue weighted by Crippen LogP contribution is 2.47. The highest BCUT2D eigenvalue weighted by Gasteiger charge is 2.43. The molecule has 5 nitrogen and oxygen atoms in total. The van der Waals surface area contributed by atoms with E-state index in [1.54, 1.807) is 18.3 Å². The van der Waals surface area contributed by atoms with E-state index >= 15 is 0 Å². The van der Waals surface area contributed by atoms with Gasteiger partial charge in [-0.05, 0) is 42.5 Å². The van der Waals surface area contributed by atoms with E-state index in [-0.39, 0.29) is 23.4 Å². The third kappa shape index (κ3) is 4.76. The lowest BCUT2D eigenvalue weighted by Crippen LogP contribution is -2.30.